The van der Waals surface area contributed by atoms with E-state index in [0.29, 0.717) is 0 Å². The fraction of sp³-hybridized carbons (Fsp3) is 0.120. The van der Waals surface area contributed by atoms with E-state index in [4.69, 9.17) is 9.15 Å². The highest BCUT2D eigenvalue weighted by Gasteiger charge is 2.29. The number of carbonyl (C=O) groups is 3. The molecule has 5 rings (SSSR count). The van der Waals surface area contributed by atoms with Gasteiger partial charge in [0.15, 0.2) is 5.69 Å². The summed E-state index contributed by atoms with van der Waals surface area (Å²) in [6, 6.07) is 17.4. The predicted octanol–water partition coefficient (Wildman–Crippen LogP) is 4.32. The Morgan fingerprint density at radius 3 is 2.31 bits per heavy atom. The van der Waals surface area contributed by atoms with Gasteiger partial charge in [0.05, 0.1) is 17.6 Å². The summed E-state index contributed by atoms with van der Waals surface area (Å²) in [5, 5.41) is 18.0. The third-order valence-electron chi connectivity index (χ3n) is 5.73. The van der Waals surface area contributed by atoms with Crippen molar-refractivity contribution in [2.45, 2.75) is 5.92 Å². The maximum Gasteiger partial charge on any atom is 0.411 e. The second-order valence-corrected chi connectivity index (χ2v) is 7.94. The van der Waals surface area contributed by atoms with E-state index in [2.05, 4.69) is 15.7 Å². The SMILES string of the molecule is Cn1cc(NC(=O)c2occc2NC(=O)OCC2c3ccccc3-c3ccccc32)c(C(=O)O)n1. The van der Waals surface area contributed by atoms with E-state index in [0.717, 1.165) is 22.3 Å². The fourth-order valence-electron chi connectivity index (χ4n) is 4.24. The van der Waals surface area contributed by atoms with Gasteiger partial charge in [-0.3, -0.25) is 14.8 Å². The zero-order valence-corrected chi connectivity index (χ0v) is 18.5. The summed E-state index contributed by atoms with van der Waals surface area (Å²) in [5.74, 6) is -2.37. The van der Waals surface area contributed by atoms with Gasteiger partial charge in [-0.05, 0) is 22.3 Å². The Hall–Kier alpha value is -4.86. The second-order valence-electron chi connectivity index (χ2n) is 7.94. The molecule has 35 heavy (non-hydrogen) atoms. The highest BCUT2D eigenvalue weighted by Crippen LogP contribution is 2.44. The van der Waals surface area contributed by atoms with Crippen LogP contribution in [0.1, 0.15) is 38.1 Å². The van der Waals surface area contributed by atoms with Crippen molar-refractivity contribution >= 4 is 29.3 Å². The first kappa shape index (κ1) is 22.0. The normalized spacial score (nSPS) is 12.0. The molecule has 0 bridgehead atoms. The van der Waals surface area contributed by atoms with Gasteiger partial charge in [0.1, 0.15) is 6.61 Å². The molecule has 2 aromatic carbocycles. The van der Waals surface area contributed by atoms with Gasteiger partial charge in [0, 0.05) is 25.2 Å². The van der Waals surface area contributed by atoms with E-state index in [-0.39, 0.29) is 35.4 Å². The number of carbonyl (C=O) groups excluding carboxylic acids is 2. The molecule has 0 unspecified atom stereocenters. The van der Waals surface area contributed by atoms with Crippen molar-refractivity contribution in [1.29, 1.82) is 0 Å². The largest absolute Gasteiger partial charge is 0.476 e. The van der Waals surface area contributed by atoms with Gasteiger partial charge in [0.2, 0.25) is 5.76 Å². The molecule has 10 heteroatoms. The van der Waals surface area contributed by atoms with E-state index in [1.165, 1.54) is 30.3 Å². The highest BCUT2D eigenvalue weighted by molar-refractivity contribution is 6.09. The van der Waals surface area contributed by atoms with Crippen LogP contribution in [0.3, 0.4) is 0 Å². The van der Waals surface area contributed by atoms with E-state index in [9.17, 15) is 19.5 Å². The Morgan fingerprint density at radius 2 is 1.66 bits per heavy atom. The number of anilines is 2. The molecule has 2 amide bonds. The summed E-state index contributed by atoms with van der Waals surface area (Å²) in [7, 11) is 1.53. The molecule has 2 heterocycles. The van der Waals surface area contributed by atoms with Gasteiger partial charge < -0.3 is 19.6 Å². The zero-order valence-electron chi connectivity index (χ0n) is 18.5. The van der Waals surface area contributed by atoms with Crippen molar-refractivity contribution in [2.75, 3.05) is 17.2 Å². The summed E-state index contributed by atoms with van der Waals surface area (Å²) >= 11 is 0. The molecule has 0 radical (unpaired) electrons. The number of fused-ring (bicyclic) bond motifs is 3. The van der Waals surface area contributed by atoms with Crippen LogP contribution in [0.4, 0.5) is 16.2 Å². The number of hydrogen-bond acceptors (Lipinski definition) is 6. The van der Waals surface area contributed by atoms with E-state index in [1.807, 2.05) is 48.5 Å². The van der Waals surface area contributed by atoms with Crippen LogP contribution < -0.4 is 10.6 Å². The molecule has 10 nitrogen and oxygen atoms in total. The fourth-order valence-corrected chi connectivity index (χ4v) is 4.24. The lowest BCUT2D eigenvalue weighted by Crippen LogP contribution is -2.20. The summed E-state index contributed by atoms with van der Waals surface area (Å²) in [6.07, 6.45) is 1.83. The van der Waals surface area contributed by atoms with Crippen LogP contribution >= 0.6 is 0 Å². The number of ether oxygens (including phenoxy) is 1. The van der Waals surface area contributed by atoms with Crippen LogP contribution in [0.25, 0.3) is 11.1 Å². The number of nitrogens with one attached hydrogen (secondary N) is 2. The number of aromatic nitrogens is 2. The number of amides is 2. The minimum atomic E-state index is -1.29. The molecule has 0 saturated carbocycles. The number of carboxylic acid groups (broad SMARTS) is 1. The Kier molecular flexibility index (Phi) is 5.54. The Morgan fingerprint density at radius 1 is 1.00 bits per heavy atom. The minimum absolute atomic E-state index is 0.00603. The molecule has 4 aromatic rings. The standard InChI is InChI=1S/C25H20N4O6/c1-29-12-20(21(28-29)24(31)32)26-23(30)22-19(10-11-34-22)27-25(33)35-13-18-16-8-4-2-6-14(16)15-7-3-5-9-17(15)18/h2-12,18H,13H2,1H3,(H,26,30)(H,27,33)(H,31,32). The molecule has 0 spiro atoms. The van der Waals surface area contributed by atoms with Crippen LogP contribution in [0.5, 0.6) is 0 Å². The zero-order chi connectivity index (χ0) is 24.5. The van der Waals surface area contributed by atoms with Gasteiger partial charge in [-0.1, -0.05) is 48.5 Å². The van der Waals surface area contributed by atoms with Crippen molar-refractivity contribution in [3.05, 3.63) is 89.6 Å². The van der Waals surface area contributed by atoms with Gasteiger partial charge in [-0.2, -0.15) is 5.10 Å². The maximum atomic E-state index is 12.7. The summed E-state index contributed by atoms with van der Waals surface area (Å²) < 4.78 is 12.0. The number of benzene rings is 2. The van der Waals surface area contributed by atoms with Crippen LogP contribution in [0.2, 0.25) is 0 Å². The van der Waals surface area contributed by atoms with E-state index >= 15 is 0 Å². The number of aryl methyl sites for hydroxylation is 1. The van der Waals surface area contributed by atoms with Gasteiger partial charge in [-0.15, -0.1) is 0 Å². The smallest absolute Gasteiger partial charge is 0.411 e. The van der Waals surface area contributed by atoms with Crippen molar-refractivity contribution < 1.29 is 28.6 Å². The summed E-state index contributed by atoms with van der Waals surface area (Å²) in [5.41, 5.74) is 4.14. The average Bonchev–Trinajstić information content (AvgIpc) is 3.53. The lowest BCUT2D eigenvalue weighted by Gasteiger charge is -2.14. The number of rotatable bonds is 6. The van der Waals surface area contributed by atoms with Gasteiger partial charge >= 0.3 is 12.1 Å². The number of carboxylic acids is 1. The monoisotopic (exact) mass is 472 g/mol. The predicted molar refractivity (Wildman–Crippen MR) is 126 cm³/mol. The van der Waals surface area contributed by atoms with Gasteiger partial charge in [0.25, 0.3) is 5.91 Å². The number of furan rings is 1. The Labute approximate surface area is 199 Å². The molecule has 1 aliphatic rings. The van der Waals surface area contributed by atoms with Gasteiger partial charge in [-0.25, -0.2) is 9.59 Å². The minimum Gasteiger partial charge on any atom is -0.476 e. The summed E-state index contributed by atoms with van der Waals surface area (Å²) in [6.45, 7) is 0.108. The third-order valence-corrected chi connectivity index (χ3v) is 5.73. The molecule has 3 N–H and O–H groups in total. The molecular formula is C25H20N4O6. The lowest BCUT2D eigenvalue weighted by atomic mass is 9.98. The van der Waals surface area contributed by atoms with Crippen LogP contribution in [0, 0.1) is 0 Å². The third kappa shape index (κ3) is 4.12. The van der Waals surface area contributed by atoms with Crippen molar-refractivity contribution in [1.82, 2.24) is 9.78 Å². The Bertz CT molecular complexity index is 1410. The molecule has 0 atom stereocenters. The molecule has 0 aliphatic heterocycles. The number of hydrogen-bond donors (Lipinski definition) is 3. The van der Waals surface area contributed by atoms with Crippen molar-refractivity contribution in [3.8, 4) is 11.1 Å². The topological polar surface area (TPSA) is 136 Å². The first-order valence-electron chi connectivity index (χ1n) is 10.7. The molecule has 2 aromatic heterocycles. The van der Waals surface area contributed by atoms with Crippen molar-refractivity contribution in [3.63, 3.8) is 0 Å². The van der Waals surface area contributed by atoms with Crippen LogP contribution in [-0.2, 0) is 11.8 Å². The molecule has 0 fully saturated rings. The van der Waals surface area contributed by atoms with Crippen molar-refractivity contribution in [2.24, 2.45) is 7.05 Å². The molecule has 176 valence electrons. The van der Waals surface area contributed by atoms with E-state index in [1.54, 1.807) is 0 Å². The first-order chi connectivity index (χ1) is 16.9. The average molecular weight is 472 g/mol. The Balaban J connectivity index is 1.27. The number of nitrogens with zero attached hydrogens (tertiary/aromatic N) is 2. The molecular weight excluding hydrogens is 452 g/mol. The van der Waals surface area contributed by atoms with Crippen LogP contribution in [0.15, 0.2) is 71.5 Å². The molecule has 0 saturated heterocycles. The highest BCUT2D eigenvalue weighted by atomic mass is 16.5. The van der Waals surface area contributed by atoms with Crippen LogP contribution in [-0.4, -0.2) is 39.5 Å². The maximum absolute atomic E-state index is 12.7. The lowest BCUT2D eigenvalue weighted by molar-refractivity contribution is 0.0690. The summed E-state index contributed by atoms with van der Waals surface area (Å²) in [4.78, 5) is 36.6. The first-order valence-corrected chi connectivity index (χ1v) is 10.7. The number of aromatic carboxylic acids is 1. The quantitative estimate of drug-likeness (QED) is 0.380. The molecule has 1 aliphatic carbocycles. The second kappa shape index (κ2) is 8.82. The van der Waals surface area contributed by atoms with E-state index < -0.39 is 18.0 Å².